The molecule has 0 bridgehead atoms. The van der Waals surface area contributed by atoms with Crippen LogP contribution >= 0.6 is 0 Å². The minimum Gasteiger partial charge on any atom is -0.393 e. The van der Waals surface area contributed by atoms with Crippen LogP contribution in [0.25, 0.3) is 16.6 Å². The Morgan fingerprint density at radius 3 is 2.53 bits per heavy atom. The summed E-state index contributed by atoms with van der Waals surface area (Å²) in [6, 6.07) is 22.0. The Morgan fingerprint density at radius 1 is 1.00 bits per heavy atom. The van der Waals surface area contributed by atoms with E-state index in [1.165, 1.54) is 28.8 Å². The molecule has 6 rings (SSSR count). The first-order valence-electron chi connectivity index (χ1n) is 13.0. The molecule has 1 N–H and O–H groups in total. The zero-order valence-electron chi connectivity index (χ0n) is 20.7. The summed E-state index contributed by atoms with van der Waals surface area (Å²) in [5.74, 6) is 0.332. The van der Waals surface area contributed by atoms with Crippen molar-refractivity contribution in [1.29, 1.82) is 0 Å². The van der Waals surface area contributed by atoms with Gasteiger partial charge in [0.25, 0.3) is 0 Å². The highest BCUT2D eigenvalue weighted by Gasteiger charge is 2.35. The van der Waals surface area contributed by atoms with Crippen molar-refractivity contribution in [2.75, 3.05) is 26.2 Å². The van der Waals surface area contributed by atoms with Crippen LogP contribution in [0.4, 0.5) is 4.39 Å². The molecule has 0 unspecified atom stereocenters. The third kappa shape index (κ3) is 4.69. The Hall–Kier alpha value is -3.06. The molecule has 1 saturated carbocycles. The Balaban J connectivity index is 1.31. The van der Waals surface area contributed by atoms with E-state index in [0.29, 0.717) is 12.0 Å². The molecule has 2 aliphatic rings. The second-order valence-electron chi connectivity index (χ2n) is 10.5. The molecule has 186 valence electrons. The average molecular weight is 485 g/mol. The monoisotopic (exact) mass is 484 g/mol. The summed E-state index contributed by atoms with van der Waals surface area (Å²) in [4.78, 5) is 5.20. The number of aliphatic hydroxyl groups is 1. The lowest BCUT2D eigenvalue weighted by Crippen LogP contribution is -2.51. The number of halogens is 1. The van der Waals surface area contributed by atoms with Gasteiger partial charge in [-0.3, -0.25) is 9.80 Å². The van der Waals surface area contributed by atoms with Gasteiger partial charge < -0.3 is 5.11 Å². The quantitative estimate of drug-likeness (QED) is 0.414. The minimum atomic E-state index is -0.245. The van der Waals surface area contributed by atoms with Gasteiger partial charge in [0.2, 0.25) is 0 Å². The van der Waals surface area contributed by atoms with Crippen LogP contribution in [0.2, 0.25) is 0 Å². The summed E-state index contributed by atoms with van der Waals surface area (Å²) in [6.45, 7) is 7.23. The molecule has 0 spiro atoms. The first kappa shape index (κ1) is 23.3. The van der Waals surface area contributed by atoms with Gasteiger partial charge in [0, 0.05) is 44.2 Å². The van der Waals surface area contributed by atoms with Gasteiger partial charge in [0.15, 0.2) is 0 Å². The van der Waals surface area contributed by atoms with E-state index in [2.05, 4.69) is 64.3 Å². The SMILES string of the molecule is Cc1cc2c(cnn2-c2ccc(F)cc2)cc1[C@H]1CN(Cc2ccccc2)CCN1C[C@H]1C[C@@H](O)C1. The van der Waals surface area contributed by atoms with Crippen LogP contribution in [-0.4, -0.2) is 57.0 Å². The van der Waals surface area contributed by atoms with Crippen molar-refractivity contribution >= 4 is 10.9 Å². The molecule has 6 heteroatoms. The Kier molecular flexibility index (Phi) is 6.34. The number of rotatable bonds is 6. The lowest BCUT2D eigenvalue weighted by atomic mass is 9.81. The summed E-state index contributed by atoms with van der Waals surface area (Å²) < 4.78 is 15.4. The maximum Gasteiger partial charge on any atom is 0.123 e. The second kappa shape index (κ2) is 9.77. The van der Waals surface area contributed by atoms with Crippen LogP contribution in [0.15, 0.2) is 72.9 Å². The van der Waals surface area contributed by atoms with Crippen LogP contribution in [-0.2, 0) is 6.54 Å². The van der Waals surface area contributed by atoms with Crippen molar-refractivity contribution in [1.82, 2.24) is 19.6 Å². The van der Waals surface area contributed by atoms with Crippen LogP contribution in [0.1, 0.15) is 35.6 Å². The number of aryl methyl sites for hydroxylation is 1. The van der Waals surface area contributed by atoms with Gasteiger partial charge in [-0.15, -0.1) is 0 Å². The van der Waals surface area contributed by atoms with Gasteiger partial charge in [0.1, 0.15) is 5.82 Å². The highest BCUT2D eigenvalue weighted by atomic mass is 19.1. The lowest BCUT2D eigenvalue weighted by molar-refractivity contribution is -0.00419. The van der Waals surface area contributed by atoms with Gasteiger partial charge >= 0.3 is 0 Å². The van der Waals surface area contributed by atoms with Gasteiger partial charge in [-0.25, -0.2) is 9.07 Å². The van der Waals surface area contributed by atoms with E-state index >= 15 is 0 Å². The summed E-state index contributed by atoms with van der Waals surface area (Å²) in [7, 11) is 0. The largest absolute Gasteiger partial charge is 0.393 e. The normalized spacial score (nSPS) is 23.1. The fraction of sp³-hybridized carbons (Fsp3) is 0.367. The number of piperazine rings is 1. The minimum absolute atomic E-state index is 0.122. The van der Waals surface area contributed by atoms with E-state index < -0.39 is 0 Å². The molecule has 2 fully saturated rings. The molecule has 1 aliphatic heterocycles. The molecular weight excluding hydrogens is 451 g/mol. The van der Waals surface area contributed by atoms with E-state index in [0.717, 1.165) is 62.2 Å². The third-order valence-corrected chi connectivity index (χ3v) is 7.91. The number of aromatic nitrogens is 2. The van der Waals surface area contributed by atoms with Crippen molar-refractivity contribution in [2.24, 2.45) is 5.92 Å². The molecule has 0 radical (unpaired) electrons. The molecule has 0 amide bonds. The highest BCUT2D eigenvalue weighted by molar-refractivity contribution is 5.82. The van der Waals surface area contributed by atoms with Crippen molar-refractivity contribution in [2.45, 2.75) is 38.5 Å². The molecule has 2 heterocycles. The number of hydrogen-bond acceptors (Lipinski definition) is 4. The van der Waals surface area contributed by atoms with Crippen molar-refractivity contribution in [3.63, 3.8) is 0 Å². The second-order valence-corrected chi connectivity index (χ2v) is 10.5. The van der Waals surface area contributed by atoms with Gasteiger partial charge in [-0.05, 0) is 78.8 Å². The van der Waals surface area contributed by atoms with E-state index in [-0.39, 0.29) is 11.9 Å². The summed E-state index contributed by atoms with van der Waals surface area (Å²) >= 11 is 0. The number of benzene rings is 3. The van der Waals surface area contributed by atoms with E-state index in [1.54, 1.807) is 12.1 Å². The van der Waals surface area contributed by atoms with Gasteiger partial charge in [-0.2, -0.15) is 5.10 Å². The molecule has 3 aromatic carbocycles. The first-order valence-corrected chi connectivity index (χ1v) is 13.0. The average Bonchev–Trinajstić information content (AvgIpc) is 3.27. The van der Waals surface area contributed by atoms with Crippen LogP contribution in [0.5, 0.6) is 0 Å². The van der Waals surface area contributed by atoms with Gasteiger partial charge in [0.05, 0.1) is 23.5 Å². The number of nitrogens with zero attached hydrogens (tertiary/aromatic N) is 4. The lowest BCUT2D eigenvalue weighted by Gasteiger charge is -2.45. The number of fused-ring (bicyclic) bond motifs is 1. The number of aliphatic hydroxyl groups excluding tert-OH is 1. The van der Waals surface area contributed by atoms with E-state index in [1.807, 2.05) is 10.9 Å². The molecule has 1 aliphatic carbocycles. The fourth-order valence-corrected chi connectivity index (χ4v) is 5.90. The fourth-order valence-electron chi connectivity index (χ4n) is 5.90. The van der Waals surface area contributed by atoms with Crippen LogP contribution < -0.4 is 0 Å². The molecule has 1 saturated heterocycles. The summed E-state index contributed by atoms with van der Waals surface area (Å²) in [5, 5.41) is 15.6. The van der Waals surface area contributed by atoms with Crippen LogP contribution in [0.3, 0.4) is 0 Å². The summed E-state index contributed by atoms with van der Waals surface area (Å²) in [5.41, 5.74) is 5.83. The zero-order valence-corrected chi connectivity index (χ0v) is 20.7. The van der Waals surface area contributed by atoms with Crippen molar-refractivity contribution in [3.05, 3.63) is 95.4 Å². The van der Waals surface area contributed by atoms with Crippen molar-refractivity contribution < 1.29 is 9.50 Å². The molecule has 1 atom stereocenters. The first-order chi connectivity index (χ1) is 17.5. The third-order valence-electron chi connectivity index (χ3n) is 7.91. The van der Waals surface area contributed by atoms with Crippen molar-refractivity contribution in [3.8, 4) is 5.69 Å². The predicted molar refractivity (Wildman–Crippen MR) is 141 cm³/mol. The molecular formula is C30H33FN4O. The molecule has 4 aromatic rings. The van der Waals surface area contributed by atoms with E-state index in [9.17, 15) is 9.50 Å². The maximum atomic E-state index is 13.5. The summed E-state index contributed by atoms with van der Waals surface area (Å²) in [6.07, 6.45) is 3.63. The predicted octanol–water partition coefficient (Wildman–Crippen LogP) is 5.10. The Morgan fingerprint density at radius 2 is 1.78 bits per heavy atom. The Labute approximate surface area is 211 Å². The molecule has 36 heavy (non-hydrogen) atoms. The number of hydrogen-bond donors (Lipinski definition) is 1. The maximum absolute atomic E-state index is 13.5. The zero-order chi connectivity index (χ0) is 24.6. The molecule has 1 aromatic heterocycles. The van der Waals surface area contributed by atoms with Gasteiger partial charge in [-0.1, -0.05) is 30.3 Å². The van der Waals surface area contributed by atoms with Crippen LogP contribution in [0, 0.1) is 18.7 Å². The standard InChI is InChI=1S/C30H33FN4O/c1-21-13-29-24(17-32-35(29)26-9-7-25(31)8-10-26)16-28(21)30-20-33(18-22-5-3-2-4-6-22)11-12-34(30)19-23-14-27(36)15-23/h2-10,13,16-17,23,27,30,36H,11-12,14-15,18-20H2,1H3/t23-,27+,30-/m1/s1. The Bertz CT molecular complexity index is 1330. The smallest absolute Gasteiger partial charge is 0.123 e. The van der Waals surface area contributed by atoms with E-state index in [4.69, 9.17) is 0 Å². The highest BCUT2D eigenvalue weighted by Crippen LogP contribution is 2.36. The molecule has 5 nitrogen and oxygen atoms in total. The topological polar surface area (TPSA) is 44.5 Å².